The van der Waals surface area contributed by atoms with Crippen molar-refractivity contribution < 1.29 is 14.4 Å². The van der Waals surface area contributed by atoms with Crippen LogP contribution in [0.4, 0.5) is 5.69 Å². The van der Waals surface area contributed by atoms with Crippen LogP contribution in [-0.2, 0) is 9.59 Å². The van der Waals surface area contributed by atoms with Gasteiger partial charge in [0.25, 0.3) is 11.7 Å². The van der Waals surface area contributed by atoms with Crippen LogP contribution < -0.4 is 10.6 Å². The van der Waals surface area contributed by atoms with Gasteiger partial charge < -0.3 is 15.6 Å². The Bertz CT molecular complexity index is 1120. The molecule has 0 saturated heterocycles. The third kappa shape index (κ3) is 4.27. The number of Topliss-reactive ketones (excluding diaryl/α,β-unsaturated/α-hetero) is 1. The number of carbonyl (C=O) groups excluding carboxylic acids is 3. The number of anilines is 1. The maximum absolute atomic E-state index is 12.5. The summed E-state index contributed by atoms with van der Waals surface area (Å²) in [6.45, 7) is 3.26. The number of aryl methyl sites for hydroxylation is 1. The number of fused-ring (bicyclic) bond motifs is 1. The first-order valence-corrected chi connectivity index (χ1v) is 8.72. The van der Waals surface area contributed by atoms with Crippen LogP contribution in [-0.4, -0.2) is 29.1 Å². The van der Waals surface area contributed by atoms with Gasteiger partial charge in [-0.2, -0.15) is 0 Å². The van der Waals surface area contributed by atoms with E-state index in [1.54, 1.807) is 31.2 Å². The number of nitrogens with one attached hydrogen (secondary N) is 3. The van der Waals surface area contributed by atoms with Crippen molar-refractivity contribution in [2.45, 2.75) is 13.8 Å². The van der Waals surface area contributed by atoms with Gasteiger partial charge in [0.05, 0.1) is 12.1 Å². The van der Waals surface area contributed by atoms with Crippen LogP contribution in [0.15, 0.2) is 48.5 Å². The van der Waals surface area contributed by atoms with E-state index in [1.165, 1.54) is 6.92 Å². The molecule has 0 aliphatic carbocycles. The van der Waals surface area contributed by atoms with Gasteiger partial charge in [0.2, 0.25) is 5.91 Å². The molecule has 2 amide bonds. The lowest BCUT2D eigenvalue weighted by molar-refractivity contribution is -0.116. The fraction of sp³-hybridized carbons (Fsp3) is 0.136. The highest BCUT2D eigenvalue weighted by Gasteiger charge is 2.21. The number of amides is 2. The number of carbonyl (C=O) groups is 3. The van der Waals surface area contributed by atoms with Crippen molar-refractivity contribution in [1.29, 1.82) is 0 Å². The fourth-order valence-electron chi connectivity index (χ4n) is 2.87. The van der Waals surface area contributed by atoms with Crippen LogP contribution >= 0.6 is 0 Å². The van der Waals surface area contributed by atoms with Crippen molar-refractivity contribution in [3.05, 3.63) is 65.4 Å². The minimum Gasteiger partial charge on any atom is -0.358 e. The molecule has 0 aliphatic heterocycles. The summed E-state index contributed by atoms with van der Waals surface area (Å²) in [6.07, 6.45) is 0. The molecular formula is C22H19N3O3. The highest BCUT2D eigenvalue weighted by molar-refractivity contribution is 6.45. The van der Waals surface area contributed by atoms with Crippen molar-refractivity contribution in [3.8, 4) is 11.8 Å². The van der Waals surface area contributed by atoms with Gasteiger partial charge in [0, 0.05) is 34.8 Å². The summed E-state index contributed by atoms with van der Waals surface area (Å²) in [5.74, 6) is 4.30. The van der Waals surface area contributed by atoms with E-state index >= 15 is 0 Å². The molecule has 1 aromatic heterocycles. The maximum Gasteiger partial charge on any atom is 0.293 e. The summed E-state index contributed by atoms with van der Waals surface area (Å²) < 4.78 is 0. The zero-order chi connectivity index (χ0) is 20.1. The third-order valence-electron chi connectivity index (χ3n) is 4.10. The van der Waals surface area contributed by atoms with E-state index in [9.17, 15) is 14.4 Å². The van der Waals surface area contributed by atoms with Gasteiger partial charge in [0.1, 0.15) is 0 Å². The number of hydrogen-bond acceptors (Lipinski definition) is 3. The first kappa shape index (κ1) is 18.9. The second-order valence-electron chi connectivity index (χ2n) is 6.24. The lowest BCUT2D eigenvalue weighted by Crippen LogP contribution is -2.31. The van der Waals surface area contributed by atoms with Crippen LogP contribution in [0, 0.1) is 18.8 Å². The van der Waals surface area contributed by atoms with Gasteiger partial charge in [-0.05, 0) is 37.3 Å². The van der Waals surface area contributed by atoms with E-state index in [0.29, 0.717) is 16.9 Å². The molecule has 0 saturated carbocycles. The average Bonchev–Trinajstić information content (AvgIpc) is 3.01. The van der Waals surface area contributed by atoms with Gasteiger partial charge in [-0.25, -0.2) is 0 Å². The molecule has 3 aromatic rings. The molecule has 0 radical (unpaired) electrons. The smallest absolute Gasteiger partial charge is 0.293 e. The molecule has 140 valence electrons. The van der Waals surface area contributed by atoms with E-state index in [2.05, 4.69) is 27.5 Å². The fourth-order valence-corrected chi connectivity index (χ4v) is 2.87. The largest absolute Gasteiger partial charge is 0.358 e. The summed E-state index contributed by atoms with van der Waals surface area (Å²) in [7, 11) is 0. The minimum atomic E-state index is -0.692. The summed E-state index contributed by atoms with van der Waals surface area (Å²) in [5.41, 5.74) is 3.29. The molecule has 0 aliphatic rings. The molecule has 0 fully saturated rings. The van der Waals surface area contributed by atoms with Crippen LogP contribution in [0.3, 0.4) is 0 Å². The van der Waals surface area contributed by atoms with Crippen LogP contribution in [0.1, 0.15) is 28.5 Å². The van der Waals surface area contributed by atoms with Crippen molar-refractivity contribution in [2.75, 3.05) is 11.9 Å². The Morgan fingerprint density at radius 2 is 1.75 bits per heavy atom. The number of hydrogen-bond donors (Lipinski definition) is 3. The Hall–Kier alpha value is -3.85. The van der Waals surface area contributed by atoms with Gasteiger partial charge in [0.15, 0.2) is 0 Å². The van der Waals surface area contributed by atoms with Crippen molar-refractivity contribution in [3.63, 3.8) is 0 Å². The maximum atomic E-state index is 12.5. The topological polar surface area (TPSA) is 91.1 Å². The summed E-state index contributed by atoms with van der Waals surface area (Å²) in [5, 5.41) is 5.94. The summed E-state index contributed by atoms with van der Waals surface area (Å²) in [4.78, 5) is 38.8. The number of ketones is 1. The average molecular weight is 373 g/mol. The molecule has 6 nitrogen and oxygen atoms in total. The van der Waals surface area contributed by atoms with Crippen LogP contribution in [0.2, 0.25) is 0 Å². The molecular weight excluding hydrogens is 354 g/mol. The molecule has 3 rings (SSSR count). The van der Waals surface area contributed by atoms with E-state index in [1.807, 2.05) is 24.3 Å². The normalized spacial score (nSPS) is 10.1. The Labute approximate surface area is 162 Å². The van der Waals surface area contributed by atoms with Crippen molar-refractivity contribution >= 4 is 34.2 Å². The molecule has 1 heterocycles. The Kier molecular flexibility index (Phi) is 5.56. The molecule has 28 heavy (non-hydrogen) atoms. The highest BCUT2D eigenvalue weighted by atomic mass is 16.2. The molecule has 3 N–H and O–H groups in total. The zero-order valence-electron chi connectivity index (χ0n) is 15.6. The van der Waals surface area contributed by atoms with Crippen molar-refractivity contribution in [1.82, 2.24) is 10.3 Å². The quantitative estimate of drug-likeness (QED) is 0.373. The van der Waals surface area contributed by atoms with E-state index in [4.69, 9.17) is 0 Å². The lowest BCUT2D eigenvalue weighted by atomic mass is 10.1. The van der Waals surface area contributed by atoms with Crippen molar-refractivity contribution in [2.24, 2.45) is 0 Å². The lowest BCUT2D eigenvalue weighted by Gasteiger charge is -2.02. The second kappa shape index (κ2) is 8.23. The SMILES string of the molecule is CC(=O)Nc1ccc(C#CCNC(=O)C(=O)c2c(C)[nH]c3ccccc23)cc1. The zero-order valence-corrected chi connectivity index (χ0v) is 15.6. The number of H-pyrrole nitrogens is 1. The number of benzene rings is 2. The van der Waals surface area contributed by atoms with Crippen LogP contribution in [0.25, 0.3) is 10.9 Å². The number of aromatic nitrogens is 1. The molecule has 0 bridgehead atoms. The Balaban J connectivity index is 1.62. The predicted octanol–water partition coefficient (Wildman–Crippen LogP) is 2.79. The number of aromatic amines is 1. The summed E-state index contributed by atoms with van der Waals surface area (Å²) >= 11 is 0. The number of rotatable bonds is 4. The molecule has 0 unspecified atom stereocenters. The third-order valence-corrected chi connectivity index (χ3v) is 4.10. The molecule has 0 spiro atoms. The highest BCUT2D eigenvalue weighted by Crippen LogP contribution is 2.22. The van der Waals surface area contributed by atoms with Gasteiger partial charge in [-0.15, -0.1) is 0 Å². The molecule has 6 heteroatoms. The van der Waals surface area contributed by atoms with Gasteiger partial charge in [-0.3, -0.25) is 14.4 Å². The molecule has 2 aromatic carbocycles. The molecule has 0 atom stereocenters. The Morgan fingerprint density at radius 1 is 1.04 bits per heavy atom. The predicted molar refractivity (Wildman–Crippen MR) is 108 cm³/mol. The first-order valence-electron chi connectivity index (χ1n) is 8.72. The van der Waals surface area contributed by atoms with E-state index in [0.717, 1.165) is 16.5 Å². The minimum absolute atomic E-state index is 0.0550. The van der Waals surface area contributed by atoms with E-state index < -0.39 is 11.7 Å². The van der Waals surface area contributed by atoms with E-state index in [-0.39, 0.29) is 12.5 Å². The second-order valence-corrected chi connectivity index (χ2v) is 6.24. The van der Waals surface area contributed by atoms with Gasteiger partial charge >= 0.3 is 0 Å². The number of para-hydroxylation sites is 1. The summed E-state index contributed by atoms with van der Waals surface area (Å²) in [6, 6.07) is 14.4. The first-order chi connectivity index (χ1) is 13.5. The standard InChI is InChI=1S/C22H19N3O3/c1-14-20(18-7-3-4-8-19(18)24-14)21(27)22(28)23-13-5-6-16-9-11-17(12-10-16)25-15(2)26/h3-4,7-12,24H,13H2,1-2H3,(H,23,28)(H,25,26). The monoisotopic (exact) mass is 373 g/mol. The van der Waals surface area contributed by atoms with Crippen LogP contribution in [0.5, 0.6) is 0 Å². The Morgan fingerprint density at radius 3 is 2.46 bits per heavy atom. The van der Waals surface area contributed by atoms with Gasteiger partial charge in [-0.1, -0.05) is 30.0 Å².